The van der Waals surface area contributed by atoms with Gasteiger partial charge in [0.1, 0.15) is 24.5 Å². The van der Waals surface area contributed by atoms with E-state index < -0.39 is 0 Å². The van der Waals surface area contributed by atoms with E-state index in [0.29, 0.717) is 17.0 Å². The predicted octanol–water partition coefficient (Wildman–Crippen LogP) is 3.63. The summed E-state index contributed by atoms with van der Waals surface area (Å²) in [4.78, 5) is 12.7. The summed E-state index contributed by atoms with van der Waals surface area (Å²) in [6, 6.07) is 20.1. The number of amides is 1. The van der Waals surface area contributed by atoms with Crippen molar-refractivity contribution in [1.29, 1.82) is 0 Å². The zero-order chi connectivity index (χ0) is 20.1. The third kappa shape index (κ3) is 4.44. The van der Waals surface area contributed by atoms with Gasteiger partial charge in [-0.2, -0.15) is 0 Å². The highest BCUT2D eigenvalue weighted by molar-refractivity contribution is 6.06. The monoisotopic (exact) mass is 389 g/mol. The molecule has 1 heterocycles. The molecule has 0 saturated heterocycles. The lowest BCUT2D eigenvalue weighted by atomic mass is 10.1. The second kappa shape index (κ2) is 8.30. The van der Waals surface area contributed by atoms with Crippen molar-refractivity contribution in [2.24, 2.45) is 0 Å². The topological polar surface area (TPSA) is 81.9 Å². The molecule has 0 unspecified atom stereocenters. The van der Waals surface area contributed by atoms with Gasteiger partial charge in [-0.15, -0.1) is 5.10 Å². The molecule has 8 heteroatoms. The van der Waals surface area contributed by atoms with Crippen LogP contribution in [0.2, 0.25) is 0 Å². The minimum Gasteiger partial charge on any atom is -0.488 e. The molecule has 4 rings (SSSR count). The standard InChI is InChI=1S/C21H16FN5O2/c22-16-7-5-15(6-8-16)13-29-20-4-2-1-3-19(20)21(28)24-17-9-11-18(12-10-17)27-14-23-25-26-27/h1-12,14H,13H2,(H,24,28). The molecule has 144 valence electrons. The quantitative estimate of drug-likeness (QED) is 0.545. The largest absolute Gasteiger partial charge is 0.488 e. The molecule has 0 spiro atoms. The Morgan fingerprint density at radius 3 is 2.48 bits per heavy atom. The lowest BCUT2D eigenvalue weighted by Gasteiger charge is -2.12. The number of hydrogen-bond donors (Lipinski definition) is 1. The second-order valence-electron chi connectivity index (χ2n) is 6.17. The lowest BCUT2D eigenvalue weighted by molar-refractivity contribution is 0.102. The molecule has 1 N–H and O–H groups in total. The minimum atomic E-state index is -0.306. The third-order valence-electron chi connectivity index (χ3n) is 4.18. The van der Waals surface area contributed by atoms with Crippen molar-refractivity contribution in [2.45, 2.75) is 6.61 Å². The van der Waals surface area contributed by atoms with Crippen LogP contribution < -0.4 is 10.1 Å². The molecule has 0 fully saturated rings. The lowest BCUT2D eigenvalue weighted by Crippen LogP contribution is -2.13. The summed E-state index contributed by atoms with van der Waals surface area (Å²) < 4.78 is 20.3. The van der Waals surface area contributed by atoms with Crippen LogP contribution in [0.5, 0.6) is 5.75 Å². The van der Waals surface area contributed by atoms with Crippen molar-refractivity contribution in [1.82, 2.24) is 20.2 Å². The van der Waals surface area contributed by atoms with Gasteiger partial charge in [-0.25, -0.2) is 9.07 Å². The molecule has 29 heavy (non-hydrogen) atoms. The molecule has 0 bridgehead atoms. The number of ether oxygens (including phenoxy) is 1. The Kier molecular flexibility index (Phi) is 5.24. The second-order valence-corrected chi connectivity index (χ2v) is 6.17. The van der Waals surface area contributed by atoms with E-state index in [0.717, 1.165) is 11.3 Å². The van der Waals surface area contributed by atoms with Gasteiger partial charge in [-0.3, -0.25) is 4.79 Å². The maximum atomic E-state index is 13.0. The highest BCUT2D eigenvalue weighted by Crippen LogP contribution is 2.21. The Bertz CT molecular complexity index is 1100. The average Bonchev–Trinajstić information content (AvgIpc) is 3.29. The number of rotatable bonds is 6. The van der Waals surface area contributed by atoms with E-state index in [1.807, 2.05) is 0 Å². The molecule has 0 radical (unpaired) electrons. The SMILES string of the molecule is O=C(Nc1ccc(-n2cnnn2)cc1)c1ccccc1OCc1ccc(F)cc1. The number of aromatic nitrogens is 4. The third-order valence-corrected chi connectivity index (χ3v) is 4.18. The van der Waals surface area contributed by atoms with Crippen molar-refractivity contribution < 1.29 is 13.9 Å². The molecule has 0 aliphatic rings. The van der Waals surface area contributed by atoms with Gasteiger partial charge in [0.2, 0.25) is 0 Å². The van der Waals surface area contributed by atoms with Crippen LogP contribution in [0.25, 0.3) is 5.69 Å². The number of nitrogens with zero attached hydrogens (tertiary/aromatic N) is 4. The van der Waals surface area contributed by atoms with Crippen molar-refractivity contribution in [3.8, 4) is 11.4 Å². The number of para-hydroxylation sites is 1. The van der Waals surface area contributed by atoms with Crippen molar-refractivity contribution in [2.75, 3.05) is 5.32 Å². The fourth-order valence-electron chi connectivity index (χ4n) is 2.70. The van der Waals surface area contributed by atoms with E-state index in [1.54, 1.807) is 60.7 Å². The number of nitrogens with one attached hydrogen (secondary N) is 1. The molecule has 4 aromatic rings. The van der Waals surface area contributed by atoms with Gasteiger partial charge in [-0.1, -0.05) is 24.3 Å². The van der Waals surface area contributed by atoms with E-state index in [-0.39, 0.29) is 18.3 Å². The van der Waals surface area contributed by atoms with E-state index in [9.17, 15) is 9.18 Å². The number of halogens is 1. The average molecular weight is 389 g/mol. The van der Waals surface area contributed by atoms with Crippen molar-refractivity contribution in [3.05, 3.63) is 96.1 Å². The summed E-state index contributed by atoms with van der Waals surface area (Å²) in [6.45, 7) is 0.227. The maximum Gasteiger partial charge on any atom is 0.259 e. The molecule has 0 atom stereocenters. The van der Waals surface area contributed by atoms with E-state index in [4.69, 9.17) is 4.74 Å². The van der Waals surface area contributed by atoms with Gasteiger partial charge in [0.05, 0.1) is 11.3 Å². The van der Waals surface area contributed by atoms with Gasteiger partial charge in [0.25, 0.3) is 5.91 Å². The first-order chi connectivity index (χ1) is 14.2. The fourth-order valence-corrected chi connectivity index (χ4v) is 2.70. The van der Waals surface area contributed by atoms with Crippen molar-refractivity contribution >= 4 is 11.6 Å². The van der Waals surface area contributed by atoms with Crippen molar-refractivity contribution in [3.63, 3.8) is 0 Å². The van der Waals surface area contributed by atoms with E-state index in [2.05, 4.69) is 20.8 Å². The Labute approximate surface area is 165 Å². The Morgan fingerprint density at radius 2 is 1.76 bits per heavy atom. The van der Waals surface area contributed by atoms with Crippen LogP contribution in [0.3, 0.4) is 0 Å². The van der Waals surface area contributed by atoms with Crippen LogP contribution in [-0.4, -0.2) is 26.1 Å². The fraction of sp³-hybridized carbons (Fsp3) is 0.0476. The molecule has 0 saturated carbocycles. The van der Waals surface area contributed by atoms with Gasteiger partial charge >= 0.3 is 0 Å². The maximum absolute atomic E-state index is 13.0. The normalized spacial score (nSPS) is 10.5. The summed E-state index contributed by atoms with van der Waals surface area (Å²) in [6.07, 6.45) is 1.49. The van der Waals surface area contributed by atoms with E-state index >= 15 is 0 Å². The van der Waals surface area contributed by atoms with Crippen LogP contribution in [0.15, 0.2) is 79.1 Å². The summed E-state index contributed by atoms with van der Waals surface area (Å²) in [7, 11) is 0. The van der Waals surface area contributed by atoms with Crippen LogP contribution in [-0.2, 0) is 6.61 Å². The van der Waals surface area contributed by atoms with Crippen LogP contribution in [0.4, 0.5) is 10.1 Å². The molecular formula is C21H16FN5O2. The minimum absolute atomic E-state index is 0.227. The highest BCUT2D eigenvalue weighted by atomic mass is 19.1. The van der Waals surface area contributed by atoms with Crippen LogP contribution in [0.1, 0.15) is 15.9 Å². The summed E-state index contributed by atoms with van der Waals surface area (Å²) in [5.74, 6) is -0.158. The number of tetrazole rings is 1. The summed E-state index contributed by atoms with van der Waals surface area (Å²) >= 11 is 0. The van der Waals surface area contributed by atoms with E-state index in [1.165, 1.54) is 23.1 Å². The molecule has 0 aliphatic carbocycles. The molecular weight excluding hydrogens is 373 g/mol. The van der Waals surface area contributed by atoms with Crippen LogP contribution >= 0.6 is 0 Å². The van der Waals surface area contributed by atoms with Gasteiger partial charge in [0, 0.05) is 5.69 Å². The smallest absolute Gasteiger partial charge is 0.259 e. The van der Waals surface area contributed by atoms with Crippen LogP contribution in [0, 0.1) is 5.82 Å². The number of carbonyl (C=O) groups is 1. The molecule has 1 aromatic heterocycles. The first-order valence-electron chi connectivity index (χ1n) is 8.80. The number of carbonyl (C=O) groups excluding carboxylic acids is 1. The molecule has 3 aromatic carbocycles. The van der Waals surface area contributed by atoms with Gasteiger partial charge in [-0.05, 0) is 64.5 Å². The zero-order valence-electron chi connectivity index (χ0n) is 15.2. The Balaban J connectivity index is 1.45. The Hall–Kier alpha value is -4.07. The zero-order valence-corrected chi connectivity index (χ0v) is 15.2. The highest BCUT2D eigenvalue weighted by Gasteiger charge is 2.13. The Morgan fingerprint density at radius 1 is 1.00 bits per heavy atom. The first-order valence-corrected chi connectivity index (χ1v) is 8.80. The predicted molar refractivity (Wildman–Crippen MR) is 104 cm³/mol. The molecule has 1 amide bonds. The number of anilines is 1. The number of hydrogen-bond acceptors (Lipinski definition) is 5. The molecule has 7 nitrogen and oxygen atoms in total. The summed E-state index contributed by atoms with van der Waals surface area (Å²) in [5.41, 5.74) is 2.61. The first kappa shape index (κ1) is 18.3. The summed E-state index contributed by atoms with van der Waals surface area (Å²) in [5, 5.41) is 13.8. The van der Waals surface area contributed by atoms with Gasteiger partial charge in [0.15, 0.2) is 0 Å². The number of benzene rings is 3. The van der Waals surface area contributed by atoms with Gasteiger partial charge < -0.3 is 10.1 Å². The molecule has 0 aliphatic heterocycles.